The van der Waals surface area contributed by atoms with E-state index < -0.39 is 114 Å². The summed E-state index contributed by atoms with van der Waals surface area (Å²) in [4.78, 5) is 0. The average molecular weight is 785 g/mol. The van der Waals surface area contributed by atoms with Gasteiger partial charge in [0.05, 0.1) is 36.6 Å². The molecule has 0 radical (unpaired) electrons. The van der Waals surface area contributed by atoms with Gasteiger partial charge in [0.2, 0.25) is 0 Å². The number of ether oxygens (including phenoxy) is 4. The zero-order chi connectivity index (χ0) is 40.8. The Morgan fingerprint density at radius 1 is 0.818 bits per heavy atom. The van der Waals surface area contributed by atoms with E-state index in [1.165, 1.54) is 12.5 Å². The Morgan fingerprint density at radius 2 is 1.49 bits per heavy atom. The van der Waals surface area contributed by atoms with Crippen molar-refractivity contribution in [3.8, 4) is 0 Å². The summed E-state index contributed by atoms with van der Waals surface area (Å²) < 4.78 is 25.1. The topological polar surface area (TPSA) is 219 Å². The zero-order valence-electron chi connectivity index (χ0n) is 34.4. The maximum absolute atomic E-state index is 12.3. The number of rotatable bonds is 9. The van der Waals surface area contributed by atoms with Crippen LogP contribution in [0.2, 0.25) is 0 Å². The van der Waals surface area contributed by atoms with Gasteiger partial charge in [0.1, 0.15) is 42.7 Å². The molecule has 0 spiro atoms. The second-order valence-electron chi connectivity index (χ2n) is 20.3. The van der Waals surface area contributed by atoms with Crippen LogP contribution in [0.5, 0.6) is 0 Å². The van der Waals surface area contributed by atoms with Crippen molar-refractivity contribution in [1.82, 2.24) is 0 Å². The molecule has 13 heteroatoms. The summed E-state index contributed by atoms with van der Waals surface area (Å²) in [6.45, 7) is 17.8. The SMILES string of the molecule is CC(C)=CCC[C@](C)(O)C1CC[C@]2(C)[C@@H]1[C@H](O)C[C@@H]1[C@@]3(C)CC[C@H](O)C(C)(C)C3[C@@H](OC3OC(CO)C(O)C(O)C3OC3OC(C)C(O)C(O)C3O)C[C@]12C. The van der Waals surface area contributed by atoms with Crippen LogP contribution in [0.3, 0.4) is 0 Å². The van der Waals surface area contributed by atoms with E-state index in [0.717, 1.165) is 19.3 Å². The Bertz CT molecular complexity index is 1390. The van der Waals surface area contributed by atoms with Crippen LogP contribution in [-0.2, 0) is 18.9 Å². The molecule has 4 aliphatic carbocycles. The van der Waals surface area contributed by atoms with E-state index in [1.54, 1.807) is 0 Å². The predicted octanol–water partition coefficient (Wildman–Crippen LogP) is 2.15. The first-order chi connectivity index (χ1) is 25.5. The third-order valence-electron chi connectivity index (χ3n) is 16.5. The third-order valence-corrected chi connectivity index (χ3v) is 16.5. The fourth-order valence-corrected chi connectivity index (χ4v) is 13.3. The van der Waals surface area contributed by atoms with Crippen LogP contribution in [0.4, 0.5) is 0 Å². The molecule has 4 saturated carbocycles. The van der Waals surface area contributed by atoms with Gasteiger partial charge in [0.25, 0.3) is 0 Å². The smallest absolute Gasteiger partial charge is 0.187 e. The second kappa shape index (κ2) is 15.4. The van der Waals surface area contributed by atoms with Crippen molar-refractivity contribution in [2.45, 2.75) is 199 Å². The van der Waals surface area contributed by atoms with Gasteiger partial charge in [-0.25, -0.2) is 0 Å². The normalized spacial score (nSPS) is 53.4. The zero-order valence-corrected chi connectivity index (χ0v) is 34.4. The van der Waals surface area contributed by atoms with Crippen LogP contribution >= 0.6 is 0 Å². The molecule has 0 amide bonds. The molecule has 0 bridgehead atoms. The molecule has 0 aromatic carbocycles. The van der Waals surface area contributed by atoms with Gasteiger partial charge in [-0.2, -0.15) is 0 Å². The molecule has 0 aromatic rings. The van der Waals surface area contributed by atoms with Crippen molar-refractivity contribution in [2.75, 3.05) is 6.61 Å². The van der Waals surface area contributed by atoms with E-state index in [0.29, 0.717) is 32.1 Å². The van der Waals surface area contributed by atoms with Gasteiger partial charge in [-0.05, 0) is 124 Å². The molecule has 6 rings (SSSR count). The molecule has 6 fully saturated rings. The first-order valence-corrected chi connectivity index (χ1v) is 20.8. The minimum Gasteiger partial charge on any atom is -0.394 e. The molecule has 21 atom stereocenters. The molecule has 13 nitrogen and oxygen atoms in total. The summed E-state index contributed by atoms with van der Waals surface area (Å²) in [7, 11) is 0. The minimum atomic E-state index is -1.70. The number of fused-ring (bicyclic) bond motifs is 5. The largest absolute Gasteiger partial charge is 0.394 e. The number of hydrogen-bond acceptors (Lipinski definition) is 13. The Kier molecular flexibility index (Phi) is 12.2. The molecule has 9 N–H and O–H groups in total. The van der Waals surface area contributed by atoms with Crippen molar-refractivity contribution >= 4 is 0 Å². The summed E-state index contributed by atoms with van der Waals surface area (Å²) in [5.41, 5.74) is -1.71. The number of hydrogen-bond donors (Lipinski definition) is 9. The van der Waals surface area contributed by atoms with Gasteiger partial charge < -0.3 is 64.9 Å². The van der Waals surface area contributed by atoms with Crippen molar-refractivity contribution in [3.63, 3.8) is 0 Å². The highest BCUT2D eigenvalue weighted by Gasteiger charge is 2.73. The number of aliphatic hydroxyl groups excluding tert-OH is 8. The van der Waals surface area contributed by atoms with Crippen molar-refractivity contribution in [2.24, 2.45) is 45.3 Å². The second-order valence-corrected chi connectivity index (χ2v) is 20.3. The highest BCUT2D eigenvalue weighted by atomic mass is 16.8. The van der Waals surface area contributed by atoms with Crippen LogP contribution in [0.15, 0.2) is 11.6 Å². The molecule has 0 aromatic heterocycles. The molecular formula is C42H72O13. The summed E-state index contributed by atoms with van der Waals surface area (Å²) >= 11 is 0. The van der Waals surface area contributed by atoms with Crippen molar-refractivity contribution < 1.29 is 64.9 Å². The van der Waals surface area contributed by atoms with Gasteiger partial charge in [-0.1, -0.05) is 46.3 Å². The van der Waals surface area contributed by atoms with Gasteiger partial charge >= 0.3 is 0 Å². The van der Waals surface area contributed by atoms with E-state index in [1.807, 2.05) is 20.8 Å². The Morgan fingerprint density at radius 3 is 2.13 bits per heavy atom. The third kappa shape index (κ3) is 7.10. The van der Waals surface area contributed by atoms with E-state index in [4.69, 9.17) is 18.9 Å². The predicted molar refractivity (Wildman–Crippen MR) is 201 cm³/mol. The molecule has 2 aliphatic heterocycles. The summed E-state index contributed by atoms with van der Waals surface area (Å²) in [5.74, 6) is -0.526. The molecule has 6 aliphatic rings. The lowest BCUT2D eigenvalue weighted by molar-refractivity contribution is -0.382. The minimum absolute atomic E-state index is 0.0411. The van der Waals surface area contributed by atoms with Crippen LogP contribution in [0.1, 0.15) is 114 Å². The first kappa shape index (κ1) is 43.8. The van der Waals surface area contributed by atoms with Gasteiger partial charge in [0, 0.05) is 0 Å². The monoisotopic (exact) mass is 784 g/mol. The van der Waals surface area contributed by atoms with E-state index in [2.05, 4.69) is 40.7 Å². The molecular weight excluding hydrogens is 712 g/mol. The highest BCUT2D eigenvalue weighted by Crippen LogP contribution is 2.76. The highest BCUT2D eigenvalue weighted by molar-refractivity contribution is 5.22. The van der Waals surface area contributed by atoms with Gasteiger partial charge in [0.15, 0.2) is 12.6 Å². The lowest BCUT2D eigenvalue weighted by Crippen LogP contribution is -2.71. The molecule has 2 heterocycles. The summed E-state index contributed by atoms with van der Waals surface area (Å²) in [6, 6.07) is 0. The summed E-state index contributed by atoms with van der Waals surface area (Å²) in [5, 5.41) is 100. The lowest BCUT2D eigenvalue weighted by Gasteiger charge is -2.72. The molecule has 318 valence electrons. The Hall–Kier alpha value is -0.780. The lowest BCUT2D eigenvalue weighted by atomic mass is 9.34. The fraction of sp³-hybridized carbons (Fsp3) is 0.952. The van der Waals surface area contributed by atoms with E-state index >= 15 is 0 Å². The number of allylic oxidation sites excluding steroid dienone is 2. The summed E-state index contributed by atoms with van der Waals surface area (Å²) in [6.07, 6.45) is -8.99. The van der Waals surface area contributed by atoms with Crippen molar-refractivity contribution in [1.29, 1.82) is 0 Å². The number of aliphatic hydroxyl groups is 9. The maximum atomic E-state index is 12.3. The molecule has 12 unspecified atom stereocenters. The van der Waals surface area contributed by atoms with Crippen LogP contribution in [0.25, 0.3) is 0 Å². The molecule has 2 saturated heterocycles. The fourth-order valence-electron chi connectivity index (χ4n) is 13.3. The van der Waals surface area contributed by atoms with Gasteiger partial charge in [-0.3, -0.25) is 0 Å². The molecule has 55 heavy (non-hydrogen) atoms. The van der Waals surface area contributed by atoms with Crippen LogP contribution in [-0.4, -0.2) is 138 Å². The van der Waals surface area contributed by atoms with E-state index in [-0.39, 0.29) is 23.7 Å². The van der Waals surface area contributed by atoms with Crippen molar-refractivity contribution in [3.05, 3.63) is 11.6 Å². The first-order valence-electron chi connectivity index (χ1n) is 20.8. The Balaban J connectivity index is 1.38. The Labute approximate surface area is 327 Å². The van der Waals surface area contributed by atoms with Gasteiger partial charge in [-0.15, -0.1) is 0 Å². The maximum Gasteiger partial charge on any atom is 0.187 e. The quantitative estimate of drug-likeness (QED) is 0.121. The van der Waals surface area contributed by atoms with Crippen LogP contribution < -0.4 is 0 Å². The van der Waals surface area contributed by atoms with E-state index in [9.17, 15) is 46.0 Å². The standard InChI is InChI=1S/C42H72O13/c1-20(2)11-10-14-42(9,51)22-12-16-40(7)28(22)23(44)17-26-39(6)15-13-27(45)38(4,5)35(39)24(18-41(26,40)8)53-37-34(32(49)30(47)25(19-43)54-37)55-36-33(50)31(48)29(46)21(3)52-36/h11,21-37,43-51H,10,12-19H2,1-9H3/t21?,22?,23-,24+,25?,26-,27+,28+,29?,30?,31?,32?,33?,34?,35?,36?,37?,39-,40-,41-,42+/m1/s1. The van der Waals surface area contributed by atoms with Crippen LogP contribution in [0, 0.1) is 45.3 Å². The average Bonchev–Trinajstić information content (AvgIpc) is 3.49.